The topological polar surface area (TPSA) is 55.5 Å². The van der Waals surface area contributed by atoms with Crippen molar-refractivity contribution >= 4 is 11.8 Å². The lowest BCUT2D eigenvalue weighted by Crippen LogP contribution is -1.88. The maximum atomic E-state index is 10.1. The molecule has 1 aromatic rings. The molecule has 1 heterocycles. The minimum Gasteiger partial charge on any atom is -0.359 e. The molecule has 0 bridgehead atoms. The number of nitrogens with zero attached hydrogens (tertiary/aromatic N) is 2. The van der Waals surface area contributed by atoms with Gasteiger partial charge < -0.3 is 4.52 Å². The highest BCUT2D eigenvalue weighted by Crippen LogP contribution is 2.38. The summed E-state index contributed by atoms with van der Waals surface area (Å²) in [5, 5.41) is 3.64. The van der Waals surface area contributed by atoms with Gasteiger partial charge in [0, 0.05) is 5.92 Å². The number of hydrogen-bond acceptors (Lipinski definition) is 4. The van der Waals surface area contributed by atoms with E-state index in [9.17, 15) is 4.79 Å². The zero-order valence-corrected chi connectivity index (χ0v) is 7.19. The second kappa shape index (κ2) is 3.54. The SMILES string of the molecule is O=C=Nc1cnoc1C1CCCC1. The minimum atomic E-state index is 0.398. The molecule has 0 saturated heterocycles. The Morgan fingerprint density at radius 3 is 3.00 bits per heavy atom. The first-order chi connectivity index (χ1) is 6.42. The van der Waals surface area contributed by atoms with Crippen molar-refractivity contribution in [2.75, 3.05) is 0 Å². The fourth-order valence-corrected chi connectivity index (χ4v) is 1.85. The van der Waals surface area contributed by atoms with Crippen molar-refractivity contribution < 1.29 is 9.32 Å². The Balaban J connectivity index is 2.27. The summed E-state index contributed by atoms with van der Waals surface area (Å²) < 4.78 is 5.08. The van der Waals surface area contributed by atoms with E-state index in [1.165, 1.54) is 25.1 Å². The Morgan fingerprint density at radius 1 is 1.54 bits per heavy atom. The zero-order chi connectivity index (χ0) is 9.10. The maximum absolute atomic E-state index is 10.1. The Morgan fingerprint density at radius 2 is 2.31 bits per heavy atom. The first-order valence-electron chi connectivity index (χ1n) is 4.44. The van der Waals surface area contributed by atoms with Crippen LogP contribution in [0.25, 0.3) is 0 Å². The first kappa shape index (κ1) is 8.20. The molecule has 68 valence electrons. The molecule has 1 fully saturated rings. The van der Waals surface area contributed by atoms with Gasteiger partial charge >= 0.3 is 0 Å². The Kier molecular flexibility index (Phi) is 2.23. The lowest BCUT2D eigenvalue weighted by molar-refractivity contribution is 0.361. The molecule has 1 aliphatic carbocycles. The highest BCUT2D eigenvalue weighted by Gasteiger charge is 2.23. The Labute approximate surface area is 75.6 Å². The predicted octanol–water partition coefficient (Wildman–Crippen LogP) is 2.30. The van der Waals surface area contributed by atoms with Gasteiger partial charge in [0.1, 0.15) is 5.69 Å². The van der Waals surface area contributed by atoms with Crippen LogP contribution >= 0.6 is 0 Å². The molecule has 0 radical (unpaired) electrons. The molecular weight excluding hydrogens is 168 g/mol. The summed E-state index contributed by atoms with van der Waals surface area (Å²) in [5.41, 5.74) is 0.543. The molecule has 2 rings (SSSR count). The van der Waals surface area contributed by atoms with E-state index in [4.69, 9.17) is 4.52 Å². The van der Waals surface area contributed by atoms with Crippen LogP contribution in [0.15, 0.2) is 15.7 Å². The standard InChI is InChI=1S/C9H10N2O2/c12-6-10-8-5-11-13-9(8)7-3-1-2-4-7/h5,7H,1-4H2. The molecule has 4 nitrogen and oxygen atoms in total. The Bertz CT molecular complexity index is 333. The van der Waals surface area contributed by atoms with Crippen LogP contribution in [0.4, 0.5) is 5.69 Å². The molecule has 4 heteroatoms. The van der Waals surface area contributed by atoms with Crippen LogP contribution in [0.5, 0.6) is 0 Å². The van der Waals surface area contributed by atoms with Gasteiger partial charge in [0.05, 0.1) is 6.20 Å². The Hall–Kier alpha value is -1.41. The molecule has 0 aliphatic heterocycles. The molecule has 13 heavy (non-hydrogen) atoms. The van der Waals surface area contributed by atoms with Crippen LogP contribution in [0.1, 0.15) is 37.4 Å². The molecule has 0 aromatic carbocycles. The van der Waals surface area contributed by atoms with Gasteiger partial charge in [0.25, 0.3) is 0 Å². The van der Waals surface area contributed by atoms with E-state index < -0.39 is 0 Å². The summed E-state index contributed by atoms with van der Waals surface area (Å²) in [7, 11) is 0. The lowest BCUT2D eigenvalue weighted by Gasteiger charge is -2.02. The molecule has 0 spiro atoms. The summed E-state index contributed by atoms with van der Waals surface area (Å²) in [5.74, 6) is 1.15. The monoisotopic (exact) mass is 178 g/mol. The normalized spacial score (nSPS) is 17.2. The first-order valence-corrected chi connectivity index (χ1v) is 4.44. The van der Waals surface area contributed by atoms with Gasteiger partial charge in [0.2, 0.25) is 6.08 Å². The number of hydrogen-bond donors (Lipinski definition) is 0. The third-order valence-corrected chi connectivity index (χ3v) is 2.47. The predicted molar refractivity (Wildman–Crippen MR) is 45.5 cm³/mol. The summed E-state index contributed by atoms with van der Waals surface area (Å²) in [6, 6.07) is 0. The second-order valence-electron chi connectivity index (χ2n) is 3.26. The average Bonchev–Trinajstić information content (AvgIpc) is 2.71. The van der Waals surface area contributed by atoms with Crippen molar-refractivity contribution in [3.63, 3.8) is 0 Å². The summed E-state index contributed by atoms with van der Waals surface area (Å²) in [6.07, 6.45) is 7.63. The van der Waals surface area contributed by atoms with Crippen molar-refractivity contribution in [1.29, 1.82) is 0 Å². The van der Waals surface area contributed by atoms with Crippen molar-refractivity contribution in [2.24, 2.45) is 4.99 Å². The fraction of sp³-hybridized carbons (Fsp3) is 0.556. The summed E-state index contributed by atoms with van der Waals surface area (Å²) in [6.45, 7) is 0. The quantitative estimate of drug-likeness (QED) is 0.515. The van der Waals surface area contributed by atoms with Crippen molar-refractivity contribution in [2.45, 2.75) is 31.6 Å². The van der Waals surface area contributed by atoms with Gasteiger partial charge in [-0.25, -0.2) is 4.79 Å². The minimum absolute atomic E-state index is 0.398. The molecule has 0 N–H and O–H groups in total. The molecule has 0 amide bonds. The van der Waals surface area contributed by atoms with Crippen LogP contribution in [0.3, 0.4) is 0 Å². The van der Waals surface area contributed by atoms with Crippen LogP contribution in [-0.2, 0) is 4.79 Å². The molecule has 1 aromatic heterocycles. The van der Waals surface area contributed by atoms with Gasteiger partial charge in [0.15, 0.2) is 5.76 Å². The third kappa shape index (κ3) is 1.53. The third-order valence-electron chi connectivity index (χ3n) is 2.47. The van der Waals surface area contributed by atoms with E-state index in [2.05, 4.69) is 10.1 Å². The van der Waals surface area contributed by atoms with E-state index in [1.807, 2.05) is 0 Å². The van der Waals surface area contributed by atoms with Crippen LogP contribution in [-0.4, -0.2) is 11.2 Å². The van der Waals surface area contributed by atoms with Crippen molar-refractivity contribution in [3.8, 4) is 0 Å². The van der Waals surface area contributed by atoms with Gasteiger partial charge in [-0.15, -0.1) is 0 Å². The van der Waals surface area contributed by atoms with Gasteiger partial charge in [-0.2, -0.15) is 4.99 Å². The van der Waals surface area contributed by atoms with E-state index >= 15 is 0 Å². The van der Waals surface area contributed by atoms with Gasteiger partial charge in [-0.05, 0) is 12.8 Å². The van der Waals surface area contributed by atoms with E-state index in [-0.39, 0.29) is 0 Å². The average molecular weight is 178 g/mol. The van der Waals surface area contributed by atoms with Crippen molar-refractivity contribution in [1.82, 2.24) is 5.16 Å². The van der Waals surface area contributed by atoms with E-state index in [0.29, 0.717) is 11.6 Å². The number of isocyanates is 1. The maximum Gasteiger partial charge on any atom is 0.240 e. The number of rotatable bonds is 2. The molecule has 1 saturated carbocycles. The van der Waals surface area contributed by atoms with Gasteiger partial charge in [-0.1, -0.05) is 18.0 Å². The smallest absolute Gasteiger partial charge is 0.240 e. The number of carbonyl (C=O) groups excluding carboxylic acids is 1. The number of aliphatic imine (C=N–C) groups is 1. The largest absolute Gasteiger partial charge is 0.359 e. The highest BCUT2D eigenvalue weighted by atomic mass is 16.5. The summed E-state index contributed by atoms with van der Waals surface area (Å²) >= 11 is 0. The van der Waals surface area contributed by atoms with Crippen LogP contribution < -0.4 is 0 Å². The van der Waals surface area contributed by atoms with E-state index in [0.717, 1.165) is 18.6 Å². The highest BCUT2D eigenvalue weighted by molar-refractivity contribution is 5.50. The molecule has 0 atom stereocenters. The molecule has 0 unspecified atom stereocenters. The van der Waals surface area contributed by atoms with E-state index in [1.54, 1.807) is 0 Å². The molecular formula is C9H10N2O2. The zero-order valence-electron chi connectivity index (χ0n) is 7.19. The second-order valence-corrected chi connectivity index (χ2v) is 3.26. The number of aromatic nitrogens is 1. The fourth-order valence-electron chi connectivity index (χ4n) is 1.85. The van der Waals surface area contributed by atoms with Crippen LogP contribution in [0.2, 0.25) is 0 Å². The van der Waals surface area contributed by atoms with Gasteiger partial charge in [-0.3, -0.25) is 0 Å². The molecule has 1 aliphatic rings. The van der Waals surface area contributed by atoms with Crippen LogP contribution in [0, 0.1) is 0 Å². The van der Waals surface area contributed by atoms with Crippen molar-refractivity contribution in [3.05, 3.63) is 12.0 Å². The summed E-state index contributed by atoms with van der Waals surface area (Å²) in [4.78, 5) is 13.6. The lowest BCUT2D eigenvalue weighted by atomic mass is 10.0.